The van der Waals surface area contributed by atoms with E-state index in [1.165, 1.54) is 31.3 Å². The average molecular weight is 312 g/mol. The van der Waals surface area contributed by atoms with Crippen LogP contribution in [0.25, 0.3) is 0 Å². The second kappa shape index (κ2) is 6.13. The summed E-state index contributed by atoms with van der Waals surface area (Å²) in [6, 6.07) is 4.59. The van der Waals surface area contributed by atoms with Gasteiger partial charge in [-0.15, -0.1) is 0 Å². The number of halogens is 1. The minimum absolute atomic E-state index is 0.100. The predicted octanol–water partition coefficient (Wildman–Crippen LogP) is 1.65. The Bertz CT molecular complexity index is 601. The van der Waals surface area contributed by atoms with Gasteiger partial charge in [0.15, 0.2) is 0 Å². The van der Waals surface area contributed by atoms with E-state index in [9.17, 15) is 14.4 Å². The normalized spacial score (nSPS) is 17.8. The number of methoxy groups -OCH3 is 2. The maximum Gasteiger partial charge on any atom is 0.339 e. The highest BCUT2D eigenvalue weighted by atomic mass is 35.5. The highest BCUT2D eigenvalue weighted by Crippen LogP contribution is 2.29. The number of esters is 2. The van der Waals surface area contributed by atoms with Gasteiger partial charge in [-0.1, -0.05) is 11.6 Å². The first kappa shape index (κ1) is 15.3. The molecule has 0 saturated carbocycles. The predicted molar refractivity (Wildman–Crippen MR) is 75.3 cm³/mol. The van der Waals surface area contributed by atoms with Crippen molar-refractivity contribution in [1.29, 1.82) is 0 Å². The monoisotopic (exact) mass is 311 g/mol. The van der Waals surface area contributed by atoms with E-state index in [1.54, 1.807) is 6.07 Å². The van der Waals surface area contributed by atoms with Crippen molar-refractivity contribution in [2.45, 2.75) is 6.42 Å². The van der Waals surface area contributed by atoms with Crippen molar-refractivity contribution < 1.29 is 23.9 Å². The van der Waals surface area contributed by atoms with E-state index in [2.05, 4.69) is 9.47 Å². The summed E-state index contributed by atoms with van der Waals surface area (Å²) in [6.07, 6.45) is 0.100. The number of carbonyl (C=O) groups excluding carboxylic acids is 3. The second-order valence-corrected chi connectivity index (χ2v) is 4.99. The Hall–Kier alpha value is -2.08. The van der Waals surface area contributed by atoms with Gasteiger partial charge in [-0.25, -0.2) is 4.79 Å². The molecule has 0 radical (unpaired) electrons. The first-order chi connectivity index (χ1) is 9.97. The summed E-state index contributed by atoms with van der Waals surface area (Å²) in [4.78, 5) is 36.4. The number of carbonyl (C=O) groups is 3. The molecule has 0 aliphatic carbocycles. The maximum absolute atomic E-state index is 12.0. The molecule has 0 aromatic heterocycles. The van der Waals surface area contributed by atoms with Crippen LogP contribution in [0.1, 0.15) is 16.8 Å². The molecule has 0 unspecified atom stereocenters. The number of anilines is 1. The van der Waals surface area contributed by atoms with Crippen molar-refractivity contribution in [3.05, 3.63) is 28.8 Å². The van der Waals surface area contributed by atoms with Crippen LogP contribution in [-0.4, -0.2) is 38.6 Å². The Morgan fingerprint density at radius 1 is 1.29 bits per heavy atom. The van der Waals surface area contributed by atoms with Crippen LogP contribution >= 0.6 is 11.6 Å². The van der Waals surface area contributed by atoms with E-state index >= 15 is 0 Å². The first-order valence-electron chi connectivity index (χ1n) is 6.24. The summed E-state index contributed by atoms with van der Waals surface area (Å²) in [7, 11) is 2.55. The van der Waals surface area contributed by atoms with Crippen LogP contribution in [-0.2, 0) is 19.1 Å². The Balaban J connectivity index is 2.23. The molecule has 1 heterocycles. The van der Waals surface area contributed by atoms with Gasteiger partial charge in [0.2, 0.25) is 5.91 Å². The molecular weight excluding hydrogens is 298 g/mol. The van der Waals surface area contributed by atoms with Crippen molar-refractivity contribution in [2.75, 3.05) is 25.7 Å². The van der Waals surface area contributed by atoms with Crippen LogP contribution in [0.2, 0.25) is 5.02 Å². The van der Waals surface area contributed by atoms with Gasteiger partial charge >= 0.3 is 11.9 Å². The molecule has 21 heavy (non-hydrogen) atoms. The van der Waals surface area contributed by atoms with E-state index in [4.69, 9.17) is 11.6 Å². The van der Waals surface area contributed by atoms with Crippen LogP contribution in [0, 0.1) is 5.92 Å². The standard InChI is InChI=1S/C14H14ClNO5/c1-20-13(18)8-5-12(17)16(7-8)9-3-4-10(11(15)6-9)14(19)21-2/h3-4,6,8H,5,7H2,1-2H3/t8-/m0/s1. The molecule has 0 bridgehead atoms. The first-order valence-corrected chi connectivity index (χ1v) is 6.61. The summed E-state index contributed by atoms with van der Waals surface area (Å²) in [5, 5.41) is 0.189. The highest BCUT2D eigenvalue weighted by molar-refractivity contribution is 6.34. The molecule has 7 heteroatoms. The van der Waals surface area contributed by atoms with Crippen LogP contribution in [0.4, 0.5) is 5.69 Å². The molecule has 1 atom stereocenters. The van der Waals surface area contributed by atoms with E-state index in [1.807, 2.05) is 0 Å². The number of nitrogens with zero attached hydrogens (tertiary/aromatic N) is 1. The summed E-state index contributed by atoms with van der Waals surface area (Å²) < 4.78 is 9.25. The molecule has 1 fully saturated rings. The Kier molecular flexibility index (Phi) is 4.47. The number of rotatable bonds is 3. The van der Waals surface area contributed by atoms with Crippen LogP contribution < -0.4 is 4.90 Å². The molecular formula is C14H14ClNO5. The number of hydrogen-bond donors (Lipinski definition) is 0. The number of benzene rings is 1. The molecule has 1 aromatic carbocycles. The zero-order chi connectivity index (χ0) is 15.6. The number of amides is 1. The third-order valence-electron chi connectivity index (χ3n) is 3.33. The molecule has 112 valence electrons. The molecule has 1 aliphatic heterocycles. The molecule has 1 aliphatic rings. The molecule has 2 rings (SSSR count). The lowest BCUT2D eigenvalue weighted by atomic mass is 10.1. The summed E-state index contributed by atoms with van der Waals surface area (Å²) in [5.74, 6) is -1.64. The average Bonchev–Trinajstić information content (AvgIpc) is 2.87. The van der Waals surface area contributed by atoms with Crippen molar-refractivity contribution >= 4 is 35.1 Å². The second-order valence-electron chi connectivity index (χ2n) is 4.58. The highest BCUT2D eigenvalue weighted by Gasteiger charge is 2.36. The van der Waals surface area contributed by atoms with Crippen molar-refractivity contribution in [3.8, 4) is 0 Å². The molecule has 1 amide bonds. The topological polar surface area (TPSA) is 72.9 Å². The van der Waals surface area contributed by atoms with Crippen LogP contribution in [0.3, 0.4) is 0 Å². The zero-order valence-corrected chi connectivity index (χ0v) is 12.3. The zero-order valence-electron chi connectivity index (χ0n) is 11.6. The van der Waals surface area contributed by atoms with E-state index < -0.39 is 17.9 Å². The van der Waals surface area contributed by atoms with Gasteiger partial charge in [-0.3, -0.25) is 9.59 Å². The summed E-state index contributed by atoms with van der Waals surface area (Å²) in [5.41, 5.74) is 0.753. The smallest absolute Gasteiger partial charge is 0.339 e. The largest absolute Gasteiger partial charge is 0.469 e. The third-order valence-corrected chi connectivity index (χ3v) is 3.64. The van der Waals surface area contributed by atoms with E-state index in [0.717, 1.165) is 0 Å². The molecule has 1 saturated heterocycles. The fourth-order valence-corrected chi connectivity index (χ4v) is 2.48. The SMILES string of the molecule is COC(=O)c1ccc(N2C[C@@H](C(=O)OC)CC2=O)cc1Cl. The van der Waals surface area contributed by atoms with Gasteiger partial charge in [-0.05, 0) is 18.2 Å². The minimum Gasteiger partial charge on any atom is -0.469 e. The van der Waals surface area contributed by atoms with Crippen molar-refractivity contribution in [2.24, 2.45) is 5.92 Å². The number of hydrogen-bond acceptors (Lipinski definition) is 5. The quantitative estimate of drug-likeness (QED) is 0.794. The fraction of sp³-hybridized carbons (Fsp3) is 0.357. The van der Waals surface area contributed by atoms with Gasteiger partial charge in [0.1, 0.15) is 0 Å². The lowest BCUT2D eigenvalue weighted by molar-refractivity contribution is -0.145. The Labute approximate surface area is 126 Å². The molecule has 1 aromatic rings. The van der Waals surface area contributed by atoms with Crippen LogP contribution in [0.5, 0.6) is 0 Å². The Morgan fingerprint density at radius 2 is 2.00 bits per heavy atom. The van der Waals surface area contributed by atoms with Gasteiger partial charge in [0.05, 0.1) is 30.7 Å². The maximum atomic E-state index is 12.0. The van der Waals surface area contributed by atoms with E-state index in [0.29, 0.717) is 5.69 Å². The molecule has 6 nitrogen and oxygen atoms in total. The van der Waals surface area contributed by atoms with Gasteiger partial charge < -0.3 is 14.4 Å². The number of ether oxygens (including phenoxy) is 2. The van der Waals surface area contributed by atoms with Crippen molar-refractivity contribution in [3.63, 3.8) is 0 Å². The molecule has 0 spiro atoms. The van der Waals surface area contributed by atoms with Gasteiger partial charge in [0.25, 0.3) is 0 Å². The van der Waals surface area contributed by atoms with Crippen molar-refractivity contribution in [1.82, 2.24) is 0 Å². The van der Waals surface area contributed by atoms with E-state index in [-0.39, 0.29) is 29.5 Å². The Morgan fingerprint density at radius 3 is 2.57 bits per heavy atom. The van der Waals surface area contributed by atoms with Gasteiger partial charge in [0, 0.05) is 18.7 Å². The van der Waals surface area contributed by atoms with Crippen LogP contribution in [0.15, 0.2) is 18.2 Å². The summed E-state index contributed by atoms with van der Waals surface area (Å²) in [6.45, 7) is 0.236. The summed E-state index contributed by atoms with van der Waals surface area (Å²) >= 11 is 6.02. The lowest BCUT2D eigenvalue weighted by Crippen LogP contribution is -2.26. The third kappa shape index (κ3) is 3.00. The fourth-order valence-electron chi connectivity index (χ4n) is 2.23. The van der Waals surface area contributed by atoms with Gasteiger partial charge in [-0.2, -0.15) is 0 Å². The molecule has 0 N–H and O–H groups in total. The lowest BCUT2D eigenvalue weighted by Gasteiger charge is -2.17. The minimum atomic E-state index is -0.549.